The number of methoxy groups -OCH3 is 1. The molecule has 2 aromatic rings. The van der Waals surface area contributed by atoms with Gasteiger partial charge in [-0.1, -0.05) is 23.7 Å². The third-order valence-electron chi connectivity index (χ3n) is 3.07. The fraction of sp³-hybridized carbons (Fsp3) is 0.200. The maximum atomic E-state index is 13.3. The maximum absolute atomic E-state index is 13.3. The molecule has 0 spiro atoms. The van der Waals surface area contributed by atoms with E-state index in [1.54, 1.807) is 19.2 Å². The second-order valence-electron chi connectivity index (χ2n) is 4.29. The van der Waals surface area contributed by atoms with Crippen LogP contribution in [0.25, 0.3) is 0 Å². The average Bonchev–Trinajstić information content (AvgIpc) is 2.44. The molecule has 20 heavy (non-hydrogen) atoms. The van der Waals surface area contributed by atoms with Gasteiger partial charge in [-0.25, -0.2) is 4.39 Å². The Hall–Kier alpha value is -1.10. The third-order valence-corrected chi connectivity index (χ3v) is 3.98. The summed E-state index contributed by atoms with van der Waals surface area (Å²) in [5.41, 5.74) is 1.93. The number of halogens is 3. The Labute approximate surface area is 131 Å². The monoisotopic (exact) mass is 357 g/mol. The molecule has 0 bridgehead atoms. The zero-order chi connectivity index (χ0) is 14.7. The van der Waals surface area contributed by atoms with Crippen LogP contribution in [0.4, 0.5) is 4.39 Å². The summed E-state index contributed by atoms with van der Waals surface area (Å²) in [7, 11) is 3.47. The Morgan fingerprint density at radius 1 is 1.20 bits per heavy atom. The highest BCUT2D eigenvalue weighted by Gasteiger charge is 2.15. The van der Waals surface area contributed by atoms with E-state index in [2.05, 4.69) is 21.2 Å². The Kier molecular flexibility index (Phi) is 5.02. The van der Waals surface area contributed by atoms with Crippen molar-refractivity contribution in [2.45, 2.75) is 6.04 Å². The molecule has 2 nitrogen and oxygen atoms in total. The van der Waals surface area contributed by atoms with Crippen LogP contribution in [0.2, 0.25) is 5.02 Å². The number of hydrogen-bond donors (Lipinski definition) is 1. The first-order valence-corrected chi connectivity index (χ1v) is 7.19. The van der Waals surface area contributed by atoms with Gasteiger partial charge in [-0.05, 0) is 58.4 Å². The fourth-order valence-electron chi connectivity index (χ4n) is 2.08. The number of hydrogen-bond acceptors (Lipinski definition) is 2. The molecule has 1 unspecified atom stereocenters. The largest absolute Gasteiger partial charge is 0.496 e. The molecular formula is C15H14BrClFNO. The van der Waals surface area contributed by atoms with Gasteiger partial charge in [0.25, 0.3) is 0 Å². The smallest absolute Gasteiger partial charge is 0.141 e. The topological polar surface area (TPSA) is 21.3 Å². The standard InChI is InChI=1S/C15H14BrClFNO/c1-19-15(10-3-5-13(18)12(17)8-10)9-4-6-14(20-2)11(16)7-9/h3-8,15,19H,1-2H3. The van der Waals surface area contributed by atoms with Gasteiger partial charge >= 0.3 is 0 Å². The van der Waals surface area contributed by atoms with Crippen LogP contribution in [-0.2, 0) is 0 Å². The fourth-order valence-corrected chi connectivity index (χ4v) is 2.83. The lowest BCUT2D eigenvalue weighted by atomic mass is 9.99. The highest BCUT2D eigenvalue weighted by Crippen LogP contribution is 2.31. The predicted octanol–water partition coefficient (Wildman–Crippen LogP) is 4.56. The minimum Gasteiger partial charge on any atom is -0.496 e. The van der Waals surface area contributed by atoms with Crippen molar-refractivity contribution in [1.82, 2.24) is 5.32 Å². The molecule has 0 aromatic heterocycles. The minimum absolute atomic E-state index is 0.0738. The molecule has 0 saturated heterocycles. The average molecular weight is 359 g/mol. The van der Waals surface area contributed by atoms with Gasteiger partial charge in [0.2, 0.25) is 0 Å². The van der Waals surface area contributed by atoms with E-state index in [-0.39, 0.29) is 11.1 Å². The number of ether oxygens (including phenoxy) is 1. The van der Waals surface area contributed by atoms with E-state index in [0.717, 1.165) is 21.3 Å². The Morgan fingerprint density at radius 3 is 2.40 bits per heavy atom. The van der Waals surface area contributed by atoms with Gasteiger partial charge in [-0.15, -0.1) is 0 Å². The van der Waals surface area contributed by atoms with Crippen LogP contribution in [0, 0.1) is 5.82 Å². The van der Waals surface area contributed by atoms with Gasteiger partial charge in [-0.2, -0.15) is 0 Å². The van der Waals surface area contributed by atoms with Crippen LogP contribution >= 0.6 is 27.5 Å². The Balaban J connectivity index is 2.41. The molecule has 0 saturated carbocycles. The highest BCUT2D eigenvalue weighted by atomic mass is 79.9. The van der Waals surface area contributed by atoms with Crippen LogP contribution in [0.5, 0.6) is 5.75 Å². The number of benzene rings is 2. The van der Waals surface area contributed by atoms with Crippen LogP contribution in [0.15, 0.2) is 40.9 Å². The summed E-state index contributed by atoms with van der Waals surface area (Å²) in [6.45, 7) is 0. The molecule has 2 aromatic carbocycles. The van der Waals surface area contributed by atoms with Crippen molar-refractivity contribution in [1.29, 1.82) is 0 Å². The van der Waals surface area contributed by atoms with Crippen molar-refractivity contribution in [3.8, 4) is 5.75 Å². The van der Waals surface area contributed by atoms with Crippen LogP contribution in [-0.4, -0.2) is 14.2 Å². The zero-order valence-electron chi connectivity index (χ0n) is 11.1. The SMILES string of the molecule is CNC(c1ccc(F)c(Cl)c1)c1ccc(OC)c(Br)c1. The normalized spacial score (nSPS) is 12.2. The van der Waals surface area contributed by atoms with Crippen molar-refractivity contribution >= 4 is 27.5 Å². The molecule has 2 rings (SSSR count). The first kappa shape index (κ1) is 15.3. The molecule has 0 aliphatic rings. The van der Waals surface area contributed by atoms with Crippen molar-refractivity contribution in [2.24, 2.45) is 0 Å². The van der Waals surface area contributed by atoms with Gasteiger partial charge in [0.15, 0.2) is 0 Å². The maximum Gasteiger partial charge on any atom is 0.141 e. The summed E-state index contributed by atoms with van der Waals surface area (Å²) in [6.07, 6.45) is 0. The van der Waals surface area contributed by atoms with E-state index < -0.39 is 5.82 Å². The number of rotatable bonds is 4. The predicted molar refractivity (Wildman–Crippen MR) is 83.0 cm³/mol. The van der Waals surface area contributed by atoms with Crippen molar-refractivity contribution < 1.29 is 9.13 Å². The minimum atomic E-state index is -0.416. The Morgan fingerprint density at radius 2 is 1.85 bits per heavy atom. The third kappa shape index (κ3) is 3.14. The van der Waals surface area contributed by atoms with Crippen molar-refractivity contribution in [3.05, 3.63) is 62.8 Å². The molecule has 0 amide bonds. The molecule has 1 atom stereocenters. The molecule has 1 N–H and O–H groups in total. The summed E-state index contributed by atoms with van der Waals surface area (Å²) in [5.74, 6) is 0.349. The van der Waals surface area contributed by atoms with Gasteiger partial charge < -0.3 is 10.1 Å². The molecule has 106 valence electrons. The highest BCUT2D eigenvalue weighted by molar-refractivity contribution is 9.10. The molecule has 0 heterocycles. The van der Waals surface area contributed by atoms with Crippen LogP contribution in [0.3, 0.4) is 0 Å². The summed E-state index contributed by atoms with van der Waals surface area (Å²) < 4.78 is 19.3. The van der Waals surface area contributed by atoms with Crippen LogP contribution in [0.1, 0.15) is 17.2 Å². The second kappa shape index (κ2) is 6.57. The second-order valence-corrected chi connectivity index (χ2v) is 5.55. The van der Waals surface area contributed by atoms with E-state index in [9.17, 15) is 4.39 Å². The van der Waals surface area contributed by atoms with E-state index in [1.807, 2.05) is 25.2 Å². The van der Waals surface area contributed by atoms with Gasteiger partial charge in [-0.3, -0.25) is 0 Å². The van der Waals surface area contributed by atoms with Crippen molar-refractivity contribution in [3.63, 3.8) is 0 Å². The van der Waals surface area contributed by atoms with E-state index in [1.165, 1.54) is 6.07 Å². The van der Waals surface area contributed by atoms with E-state index >= 15 is 0 Å². The summed E-state index contributed by atoms with van der Waals surface area (Å²) in [6, 6.07) is 10.5. The van der Waals surface area contributed by atoms with Gasteiger partial charge in [0.05, 0.1) is 22.6 Å². The first-order valence-electron chi connectivity index (χ1n) is 6.02. The molecule has 0 aliphatic carbocycles. The Bertz CT molecular complexity index is 621. The molecule has 0 aliphatic heterocycles. The molecular weight excluding hydrogens is 345 g/mol. The first-order chi connectivity index (χ1) is 9.56. The molecule has 0 radical (unpaired) electrons. The number of nitrogens with one attached hydrogen (secondary N) is 1. The summed E-state index contributed by atoms with van der Waals surface area (Å²) in [4.78, 5) is 0. The zero-order valence-corrected chi connectivity index (χ0v) is 13.4. The van der Waals surface area contributed by atoms with Gasteiger partial charge in [0, 0.05) is 0 Å². The lowest BCUT2D eigenvalue weighted by molar-refractivity contribution is 0.412. The molecule has 0 fully saturated rings. The quantitative estimate of drug-likeness (QED) is 0.865. The lowest BCUT2D eigenvalue weighted by Crippen LogP contribution is -2.17. The summed E-state index contributed by atoms with van der Waals surface area (Å²) >= 11 is 9.31. The lowest BCUT2D eigenvalue weighted by Gasteiger charge is -2.18. The summed E-state index contributed by atoms with van der Waals surface area (Å²) in [5, 5.41) is 3.32. The van der Waals surface area contributed by atoms with E-state index in [0.29, 0.717) is 0 Å². The van der Waals surface area contributed by atoms with Gasteiger partial charge in [0.1, 0.15) is 11.6 Å². The van der Waals surface area contributed by atoms with E-state index in [4.69, 9.17) is 16.3 Å². The van der Waals surface area contributed by atoms with Crippen LogP contribution < -0.4 is 10.1 Å². The molecule has 5 heteroatoms. The van der Waals surface area contributed by atoms with Crippen molar-refractivity contribution in [2.75, 3.05) is 14.2 Å².